The summed E-state index contributed by atoms with van der Waals surface area (Å²) < 4.78 is 0. The van der Waals surface area contributed by atoms with Crippen LogP contribution in [0.1, 0.15) is 25.5 Å². The Hall–Kier alpha value is -1.24. The van der Waals surface area contributed by atoms with Crippen molar-refractivity contribution in [2.45, 2.75) is 26.3 Å². The highest BCUT2D eigenvalue weighted by atomic mass is 127. The molecule has 1 aromatic carbocycles. The monoisotopic (exact) mass is 386 g/mol. The number of guanidine groups is 1. The van der Waals surface area contributed by atoms with E-state index in [0.717, 1.165) is 25.5 Å². The molecule has 0 saturated heterocycles. The van der Waals surface area contributed by atoms with E-state index in [4.69, 9.17) is 0 Å². The van der Waals surface area contributed by atoms with Gasteiger partial charge in [0.25, 0.3) is 0 Å². The Labute approximate surface area is 137 Å². The summed E-state index contributed by atoms with van der Waals surface area (Å²) in [5.41, 5.74) is 2.34. The van der Waals surface area contributed by atoms with Crippen LogP contribution >= 0.6 is 24.0 Å². The normalized spacial score (nSPS) is 11.2. The van der Waals surface area contributed by atoms with Crippen molar-refractivity contribution in [3.8, 4) is 0 Å². The molecule has 4 nitrogen and oxygen atoms in total. The number of nitrogens with one attached hydrogen (secondary N) is 3. The SMILES string of the molecule is CCCCNC(=NC)NCc1cc2ccccc2[nH]1.I. The molecule has 20 heavy (non-hydrogen) atoms. The standard InChI is InChI=1S/C15H22N4.HI/c1-3-4-9-17-15(16-2)18-11-13-10-12-7-5-6-8-14(12)19-13;/h5-8,10,19H,3-4,9,11H2,1-2H3,(H2,16,17,18);1H. The first-order chi connectivity index (χ1) is 9.33. The number of aliphatic imine (C=N–C) groups is 1. The van der Waals surface area contributed by atoms with E-state index < -0.39 is 0 Å². The van der Waals surface area contributed by atoms with Gasteiger partial charge < -0.3 is 15.6 Å². The molecule has 0 atom stereocenters. The Morgan fingerprint density at radius 3 is 2.75 bits per heavy atom. The van der Waals surface area contributed by atoms with E-state index in [9.17, 15) is 0 Å². The third kappa shape index (κ3) is 4.70. The van der Waals surface area contributed by atoms with Crippen LogP contribution in [0, 0.1) is 0 Å². The Bertz CT molecular complexity index is 515. The summed E-state index contributed by atoms with van der Waals surface area (Å²) >= 11 is 0. The number of hydrogen-bond acceptors (Lipinski definition) is 1. The number of unbranched alkanes of at least 4 members (excludes halogenated alkanes) is 1. The highest BCUT2D eigenvalue weighted by Gasteiger charge is 2.01. The zero-order valence-electron chi connectivity index (χ0n) is 12.1. The molecule has 0 saturated carbocycles. The molecule has 2 rings (SSSR count). The molecule has 0 radical (unpaired) electrons. The molecule has 0 amide bonds. The van der Waals surface area contributed by atoms with Gasteiger partial charge in [-0.3, -0.25) is 4.99 Å². The van der Waals surface area contributed by atoms with Crippen molar-refractivity contribution in [1.82, 2.24) is 15.6 Å². The smallest absolute Gasteiger partial charge is 0.191 e. The van der Waals surface area contributed by atoms with E-state index in [-0.39, 0.29) is 24.0 Å². The predicted octanol–water partition coefficient (Wildman–Crippen LogP) is 3.25. The van der Waals surface area contributed by atoms with Gasteiger partial charge in [-0.15, -0.1) is 24.0 Å². The van der Waals surface area contributed by atoms with Crippen LogP contribution < -0.4 is 10.6 Å². The number of rotatable bonds is 5. The van der Waals surface area contributed by atoms with E-state index in [1.165, 1.54) is 23.0 Å². The quantitative estimate of drug-likeness (QED) is 0.320. The summed E-state index contributed by atoms with van der Waals surface area (Å²) in [6, 6.07) is 10.5. The summed E-state index contributed by atoms with van der Waals surface area (Å²) in [4.78, 5) is 7.61. The van der Waals surface area contributed by atoms with Crippen molar-refractivity contribution < 1.29 is 0 Å². The zero-order valence-corrected chi connectivity index (χ0v) is 14.4. The van der Waals surface area contributed by atoms with E-state index in [1.54, 1.807) is 7.05 Å². The summed E-state index contributed by atoms with van der Waals surface area (Å²) in [6.45, 7) is 3.89. The molecule has 0 aliphatic heterocycles. The number of aromatic amines is 1. The molecule has 0 unspecified atom stereocenters. The molecule has 5 heteroatoms. The molecular formula is C15H23IN4. The fraction of sp³-hybridized carbons (Fsp3) is 0.400. The Kier molecular flexibility index (Phi) is 7.43. The number of para-hydroxylation sites is 1. The lowest BCUT2D eigenvalue weighted by Gasteiger charge is -2.10. The van der Waals surface area contributed by atoms with E-state index >= 15 is 0 Å². The van der Waals surface area contributed by atoms with E-state index in [1.807, 2.05) is 6.07 Å². The molecule has 0 aliphatic carbocycles. The van der Waals surface area contributed by atoms with Gasteiger partial charge >= 0.3 is 0 Å². The topological polar surface area (TPSA) is 52.2 Å². The third-order valence-corrected chi connectivity index (χ3v) is 3.08. The van der Waals surface area contributed by atoms with Gasteiger partial charge in [0.15, 0.2) is 5.96 Å². The predicted molar refractivity (Wildman–Crippen MR) is 96.8 cm³/mol. The van der Waals surface area contributed by atoms with Gasteiger partial charge in [0.1, 0.15) is 0 Å². The van der Waals surface area contributed by atoms with E-state index in [0.29, 0.717) is 0 Å². The van der Waals surface area contributed by atoms with Crippen molar-refractivity contribution in [2.24, 2.45) is 4.99 Å². The van der Waals surface area contributed by atoms with Crippen LogP contribution in [0.4, 0.5) is 0 Å². The molecule has 1 aromatic heterocycles. The third-order valence-electron chi connectivity index (χ3n) is 3.08. The fourth-order valence-electron chi connectivity index (χ4n) is 2.01. The van der Waals surface area contributed by atoms with Crippen molar-refractivity contribution in [3.05, 3.63) is 36.0 Å². The van der Waals surface area contributed by atoms with Crippen LogP contribution in [0.15, 0.2) is 35.3 Å². The van der Waals surface area contributed by atoms with Gasteiger partial charge in [0.05, 0.1) is 6.54 Å². The number of fused-ring (bicyclic) bond motifs is 1. The summed E-state index contributed by atoms with van der Waals surface area (Å²) in [6.07, 6.45) is 2.35. The summed E-state index contributed by atoms with van der Waals surface area (Å²) in [7, 11) is 1.80. The molecule has 0 aliphatic rings. The number of nitrogens with zero attached hydrogens (tertiary/aromatic N) is 1. The molecular weight excluding hydrogens is 363 g/mol. The number of hydrogen-bond donors (Lipinski definition) is 3. The molecule has 110 valence electrons. The lowest BCUT2D eigenvalue weighted by molar-refractivity contribution is 0.726. The van der Waals surface area contributed by atoms with Crippen LogP contribution in [-0.2, 0) is 6.54 Å². The first-order valence-corrected chi connectivity index (χ1v) is 6.84. The fourth-order valence-corrected chi connectivity index (χ4v) is 2.01. The maximum atomic E-state index is 4.21. The maximum Gasteiger partial charge on any atom is 0.191 e. The van der Waals surface area contributed by atoms with Crippen molar-refractivity contribution >= 4 is 40.8 Å². The number of aromatic nitrogens is 1. The zero-order chi connectivity index (χ0) is 13.5. The van der Waals surface area contributed by atoms with Crippen molar-refractivity contribution in [3.63, 3.8) is 0 Å². The molecule has 0 spiro atoms. The molecule has 3 N–H and O–H groups in total. The van der Waals surface area contributed by atoms with Crippen molar-refractivity contribution in [1.29, 1.82) is 0 Å². The second-order valence-corrected chi connectivity index (χ2v) is 4.59. The van der Waals surface area contributed by atoms with Crippen LogP contribution in [0.2, 0.25) is 0 Å². The van der Waals surface area contributed by atoms with Crippen LogP contribution in [0.25, 0.3) is 10.9 Å². The lowest BCUT2D eigenvalue weighted by atomic mass is 10.2. The van der Waals surface area contributed by atoms with Gasteiger partial charge in [0, 0.05) is 24.8 Å². The minimum atomic E-state index is 0. The van der Waals surface area contributed by atoms with Gasteiger partial charge in [0.2, 0.25) is 0 Å². The number of H-pyrrole nitrogens is 1. The van der Waals surface area contributed by atoms with Crippen LogP contribution in [0.3, 0.4) is 0 Å². The number of halogens is 1. The lowest BCUT2D eigenvalue weighted by Crippen LogP contribution is -2.37. The molecule has 0 fully saturated rings. The average Bonchev–Trinajstić information content (AvgIpc) is 2.85. The average molecular weight is 386 g/mol. The van der Waals surface area contributed by atoms with E-state index in [2.05, 4.69) is 51.8 Å². The maximum absolute atomic E-state index is 4.21. The second-order valence-electron chi connectivity index (χ2n) is 4.59. The largest absolute Gasteiger partial charge is 0.357 e. The second kappa shape index (κ2) is 8.84. The highest BCUT2D eigenvalue weighted by molar-refractivity contribution is 14.0. The van der Waals surface area contributed by atoms with Gasteiger partial charge in [-0.2, -0.15) is 0 Å². The molecule has 1 heterocycles. The summed E-state index contributed by atoms with van der Waals surface area (Å²) in [5, 5.41) is 7.86. The molecule has 2 aromatic rings. The first kappa shape index (κ1) is 16.8. The minimum absolute atomic E-state index is 0. The molecule has 0 bridgehead atoms. The highest BCUT2D eigenvalue weighted by Crippen LogP contribution is 2.14. The van der Waals surface area contributed by atoms with Crippen molar-refractivity contribution in [2.75, 3.05) is 13.6 Å². The Morgan fingerprint density at radius 1 is 1.25 bits per heavy atom. The Balaban J connectivity index is 0.00000200. The van der Waals surface area contributed by atoms with Crippen LogP contribution in [-0.4, -0.2) is 24.5 Å². The number of benzene rings is 1. The van der Waals surface area contributed by atoms with Gasteiger partial charge in [-0.25, -0.2) is 0 Å². The minimum Gasteiger partial charge on any atom is -0.357 e. The summed E-state index contributed by atoms with van der Waals surface area (Å²) in [5.74, 6) is 0.854. The first-order valence-electron chi connectivity index (χ1n) is 6.84. The van der Waals surface area contributed by atoms with Gasteiger partial charge in [-0.1, -0.05) is 31.5 Å². The van der Waals surface area contributed by atoms with Crippen LogP contribution in [0.5, 0.6) is 0 Å². The Morgan fingerprint density at radius 2 is 2.05 bits per heavy atom. The van der Waals surface area contributed by atoms with Gasteiger partial charge in [-0.05, 0) is 23.9 Å².